The molecule has 0 fully saturated rings. The molecule has 1 unspecified atom stereocenters. The summed E-state index contributed by atoms with van der Waals surface area (Å²) < 4.78 is 77.9. The first kappa shape index (κ1) is 6.20. The lowest BCUT2D eigenvalue weighted by Gasteiger charge is -2.20. The van der Waals surface area contributed by atoms with E-state index in [2.05, 4.69) is 5.10 Å². The van der Waals surface area contributed by atoms with Crippen LogP contribution in [0.4, 0.5) is 0 Å². The Morgan fingerprint density at radius 3 is 2.95 bits per heavy atom. The third kappa shape index (κ3) is 3.66. The van der Waals surface area contributed by atoms with Crippen molar-refractivity contribution in [3.8, 4) is 0 Å². The minimum Gasteiger partial charge on any atom is -0.366 e. The summed E-state index contributed by atoms with van der Waals surface area (Å²) in [5.41, 5.74) is -0.729. The molecule has 1 aromatic heterocycles. The van der Waals surface area contributed by atoms with Crippen LogP contribution in [0.2, 0.25) is 0 Å². The minimum atomic E-state index is -2.75. The van der Waals surface area contributed by atoms with E-state index in [1.807, 2.05) is 0 Å². The van der Waals surface area contributed by atoms with Crippen LogP contribution in [0.1, 0.15) is 29.7 Å². The van der Waals surface area contributed by atoms with Crippen molar-refractivity contribution in [1.82, 2.24) is 14.7 Å². The molecule has 102 valence electrons. The quantitative estimate of drug-likeness (QED) is 0.803. The molecule has 0 N–H and O–H groups in total. The van der Waals surface area contributed by atoms with Gasteiger partial charge in [-0.3, -0.25) is 4.68 Å². The highest BCUT2D eigenvalue weighted by Gasteiger charge is 2.17. The Bertz CT molecular complexity index is 836. The molecule has 0 amide bonds. The standard InChI is InChI=1S/C15H21N3O/c1-17(2)11-12-19-15(13-7-5-4-6-8-13)14-9-10-16-18(14)3/h4-10,15H,11-12H2,1-3H3/i3D3,4D,5D,6D,7D,8D,15D. The van der Waals surface area contributed by atoms with Crippen LogP contribution in [0.5, 0.6) is 0 Å². The molecule has 0 radical (unpaired) electrons. The summed E-state index contributed by atoms with van der Waals surface area (Å²) in [5.74, 6) is 0. The third-order valence-electron chi connectivity index (χ3n) is 2.39. The molecule has 1 heterocycles. The molecule has 0 saturated heterocycles. The van der Waals surface area contributed by atoms with Gasteiger partial charge in [-0.2, -0.15) is 5.10 Å². The molecule has 0 spiro atoms. The molecule has 4 nitrogen and oxygen atoms in total. The van der Waals surface area contributed by atoms with Crippen molar-refractivity contribution < 1.29 is 17.1 Å². The van der Waals surface area contributed by atoms with Crippen molar-refractivity contribution in [1.29, 1.82) is 0 Å². The number of hydrogen-bond acceptors (Lipinski definition) is 3. The van der Waals surface area contributed by atoms with Gasteiger partial charge in [0.1, 0.15) is 6.08 Å². The number of aryl methyl sites for hydroxylation is 1. The highest BCUT2D eigenvalue weighted by molar-refractivity contribution is 5.25. The van der Waals surface area contributed by atoms with E-state index in [1.165, 1.54) is 6.07 Å². The fraction of sp³-hybridized carbons (Fsp3) is 0.400. The summed E-state index contributed by atoms with van der Waals surface area (Å²) >= 11 is 0. The summed E-state index contributed by atoms with van der Waals surface area (Å²) in [6.07, 6.45) is -1.22. The smallest absolute Gasteiger partial charge is 0.124 e. The molecule has 1 atom stereocenters. The minimum absolute atomic E-state index is 0.0507. The van der Waals surface area contributed by atoms with Crippen LogP contribution in [0.3, 0.4) is 0 Å². The number of hydrogen-bond donors (Lipinski definition) is 0. The largest absolute Gasteiger partial charge is 0.366 e. The number of nitrogens with zero attached hydrogens (tertiary/aromatic N) is 3. The fourth-order valence-corrected chi connectivity index (χ4v) is 1.44. The number of ether oxygens (including phenoxy) is 1. The highest BCUT2D eigenvalue weighted by atomic mass is 16.5. The molecule has 4 heteroatoms. The second kappa shape index (κ2) is 6.50. The number of rotatable bonds is 6. The first-order valence-electron chi connectivity index (χ1n) is 10.2. The van der Waals surface area contributed by atoms with Crippen LogP contribution in [-0.4, -0.2) is 41.9 Å². The van der Waals surface area contributed by atoms with E-state index in [-0.39, 0.29) is 12.3 Å². The van der Waals surface area contributed by atoms with Gasteiger partial charge in [0.25, 0.3) is 0 Å². The van der Waals surface area contributed by atoms with Crippen molar-refractivity contribution in [2.75, 3.05) is 27.2 Å². The monoisotopic (exact) mass is 268 g/mol. The first-order chi connectivity index (χ1) is 12.8. The van der Waals surface area contributed by atoms with Gasteiger partial charge < -0.3 is 9.64 Å². The van der Waals surface area contributed by atoms with Gasteiger partial charge in [0.2, 0.25) is 0 Å². The predicted molar refractivity (Wildman–Crippen MR) is 76.0 cm³/mol. The van der Waals surface area contributed by atoms with Crippen molar-refractivity contribution in [3.05, 3.63) is 53.7 Å². The molecular formula is C15H21N3O. The van der Waals surface area contributed by atoms with E-state index in [4.69, 9.17) is 17.1 Å². The Morgan fingerprint density at radius 1 is 1.47 bits per heavy atom. The molecule has 2 rings (SSSR count). The van der Waals surface area contributed by atoms with Gasteiger partial charge in [0.05, 0.1) is 20.5 Å². The fourth-order valence-electron chi connectivity index (χ4n) is 1.44. The van der Waals surface area contributed by atoms with Crippen LogP contribution >= 0.6 is 0 Å². The lowest BCUT2D eigenvalue weighted by molar-refractivity contribution is 0.0638. The number of likely N-dealkylation sites (N-methyl/N-ethyl adjacent to an activating group) is 1. The summed E-state index contributed by atoms with van der Waals surface area (Å²) in [7, 11) is 3.54. The van der Waals surface area contributed by atoms with Gasteiger partial charge in [-0.25, -0.2) is 0 Å². The Kier molecular flexibility index (Phi) is 2.12. The SMILES string of the molecule is [2H]c1c([2H])c([2H])c(C([2H])(OCCN(C)C)c2ccnn2C([2H])([2H])[2H])c([2H])c1[2H]. The maximum atomic E-state index is 8.91. The van der Waals surface area contributed by atoms with Gasteiger partial charge in [-0.05, 0) is 25.7 Å². The second-order valence-corrected chi connectivity index (χ2v) is 4.11. The summed E-state index contributed by atoms with van der Waals surface area (Å²) in [6.45, 7) is -2.44. The van der Waals surface area contributed by atoms with Crippen LogP contribution in [-0.2, 0) is 11.7 Å². The first-order valence-corrected chi connectivity index (χ1v) is 5.73. The van der Waals surface area contributed by atoms with Crippen molar-refractivity contribution >= 4 is 0 Å². The van der Waals surface area contributed by atoms with E-state index in [9.17, 15) is 0 Å². The zero-order chi connectivity index (χ0) is 21.4. The Hall–Kier alpha value is -1.65. The van der Waals surface area contributed by atoms with E-state index >= 15 is 0 Å². The molecule has 0 aliphatic rings. The third-order valence-corrected chi connectivity index (χ3v) is 2.39. The Labute approximate surface area is 127 Å². The molecule has 0 aliphatic carbocycles. The lowest BCUT2D eigenvalue weighted by atomic mass is 10.1. The molecular weight excluding hydrogens is 238 g/mol. The van der Waals surface area contributed by atoms with Crippen molar-refractivity contribution in [3.63, 3.8) is 0 Å². The average Bonchev–Trinajstić information content (AvgIpc) is 3.09. The van der Waals surface area contributed by atoms with Gasteiger partial charge in [-0.15, -0.1) is 0 Å². The Morgan fingerprint density at radius 2 is 2.26 bits per heavy atom. The molecule has 0 aliphatic heterocycles. The van der Waals surface area contributed by atoms with Crippen LogP contribution < -0.4 is 0 Å². The zero-order valence-electron chi connectivity index (χ0n) is 19.8. The van der Waals surface area contributed by atoms with E-state index < -0.39 is 48.8 Å². The average molecular weight is 268 g/mol. The highest BCUT2D eigenvalue weighted by Crippen LogP contribution is 2.25. The van der Waals surface area contributed by atoms with Crippen molar-refractivity contribution in [2.45, 2.75) is 6.08 Å². The zero-order valence-corrected chi connectivity index (χ0v) is 10.8. The summed E-state index contributed by atoms with van der Waals surface area (Å²) in [4.78, 5) is 1.77. The molecule has 19 heavy (non-hydrogen) atoms. The number of benzene rings is 1. The van der Waals surface area contributed by atoms with Gasteiger partial charge in [0.15, 0.2) is 0 Å². The van der Waals surface area contributed by atoms with Crippen LogP contribution in [0.25, 0.3) is 0 Å². The molecule has 0 bridgehead atoms. The summed E-state index contributed by atoms with van der Waals surface area (Å²) in [6, 6.07) is -1.92. The van der Waals surface area contributed by atoms with Crippen molar-refractivity contribution in [2.24, 2.45) is 6.98 Å². The molecule has 0 saturated carbocycles. The van der Waals surface area contributed by atoms with Gasteiger partial charge >= 0.3 is 0 Å². The van der Waals surface area contributed by atoms with Gasteiger partial charge in [0, 0.05) is 23.8 Å². The van der Waals surface area contributed by atoms with E-state index in [1.54, 1.807) is 19.0 Å². The lowest BCUT2D eigenvalue weighted by Crippen LogP contribution is -2.20. The molecule has 2 aromatic rings. The predicted octanol–water partition coefficient (Wildman–Crippen LogP) is 2.09. The maximum absolute atomic E-state index is 8.91. The number of aromatic nitrogens is 2. The van der Waals surface area contributed by atoms with E-state index in [0.29, 0.717) is 11.2 Å². The maximum Gasteiger partial charge on any atom is 0.124 e. The molecule has 1 aromatic carbocycles. The summed E-state index contributed by atoms with van der Waals surface area (Å²) in [5, 5.41) is 3.73. The normalized spacial score (nSPS) is 21.9. The Balaban J connectivity index is 2.77. The van der Waals surface area contributed by atoms with E-state index in [0.717, 1.165) is 6.20 Å². The van der Waals surface area contributed by atoms with Crippen LogP contribution in [0.15, 0.2) is 42.5 Å². The second-order valence-electron chi connectivity index (χ2n) is 4.11. The topological polar surface area (TPSA) is 30.3 Å². The van der Waals surface area contributed by atoms with Crippen LogP contribution in [0, 0.1) is 0 Å². The van der Waals surface area contributed by atoms with Gasteiger partial charge in [-0.1, -0.05) is 30.2 Å².